The van der Waals surface area contributed by atoms with Crippen LogP contribution in [-0.2, 0) is 11.3 Å². The predicted molar refractivity (Wildman–Crippen MR) is 76.9 cm³/mol. The summed E-state index contributed by atoms with van der Waals surface area (Å²) in [4.78, 5) is 12.2. The van der Waals surface area contributed by atoms with Crippen molar-refractivity contribution < 1.29 is 9.53 Å². The Bertz CT molecular complexity index is 734. The highest BCUT2D eigenvalue weighted by atomic mass is 16.5. The van der Waals surface area contributed by atoms with Crippen LogP contribution in [0, 0.1) is 5.41 Å². The first-order valence-electron chi connectivity index (χ1n) is 6.85. The molecule has 5 heteroatoms. The Balaban J connectivity index is 2.37. The number of aromatic nitrogens is 1. The number of fused-ring (bicyclic) bond motifs is 3. The van der Waals surface area contributed by atoms with E-state index in [0.29, 0.717) is 12.2 Å². The van der Waals surface area contributed by atoms with Gasteiger partial charge in [-0.15, -0.1) is 0 Å². The Morgan fingerprint density at radius 3 is 2.90 bits per heavy atom. The van der Waals surface area contributed by atoms with E-state index in [-0.39, 0.29) is 5.49 Å². The molecule has 2 N–H and O–H groups in total. The number of pyridine rings is 1. The minimum Gasteiger partial charge on any atom is -0.462 e. The molecule has 1 aliphatic heterocycles. The highest BCUT2D eigenvalue weighted by molar-refractivity contribution is 6.07. The van der Waals surface area contributed by atoms with E-state index in [2.05, 4.69) is 5.32 Å². The molecule has 0 fully saturated rings. The number of esters is 1. The molecule has 0 unspecified atom stereocenters. The summed E-state index contributed by atoms with van der Waals surface area (Å²) in [5.41, 5.74) is 0.583. The van der Waals surface area contributed by atoms with Gasteiger partial charge in [0.05, 0.1) is 6.61 Å². The van der Waals surface area contributed by atoms with Gasteiger partial charge >= 0.3 is 5.97 Å². The monoisotopic (exact) mass is 271 g/mol. The molecule has 20 heavy (non-hydrogen) atoms. The third-order valence-electron chi connectivity index (χ3n) is 3.56. The molecule has 1 aliphatic rings. The lowest BCUT2D eigenvalue weighted by Crippen LogP contribution is -2.33. The molecule has 5 nitrogen and oxygen atoms in total. The van der Waals surface area contributed by atoms with E-state index < -0.39 is 5.97 Å². The molecule has 1 aromatic heterocycles. The van der Waals surface area contributed by atoms with Crippen LogP contribution in [-0.4, -0.2) is 23.7 Å². The van der Waals surface area contributed by atoms with Gasteiger partial charge in [0.2, 0.25) is 0 Å². The van der Waals surface area contributed by atoms with Crippen LogP contribution in [0.4, 0.5) is 5.82 Å². The van der Waals surface area contributed by atoms with E-state index in [0.717, 1.165) is 36.1 Å². The molecule has 0 saturated heterocycles. The number of hydrogen-bond donors (Lipinski definition) is 2. The average molecular weight is 271 g/mol. The Morgan fingerprint density at radius 2 is 2.15 bits per heavy atom. The van der Waals surface area contributed by atoms with Crippen LogP contribution in [0.1, 0.15) is 23.7 Å². The van der Waals surface area contributed by atoms with Crippen molar-refractivity contribution in [3.05, 3.63) is 35.3 Å². The van der Waals surface area contributed by atoms with Crippen LogP contribution in [0.15, 0.2) is 24.3 Å². The van der Waals surface area contributed by atoms with Crippen molar-refractivity contribution in [1.29, 1.82) is 5.41 Å². The highest BCUT2D eigenvalue weighted by Gasteiger charge is 2.21. The fourth-order valence-electron chi connectivity index (χ4n) is 2.70. The molecular formula is C15H17N3O2. The molecule has 0 saturated carbocycles. The molecule has 2 heterocycles. The van der Waals surface area contributed by atoms with Gasteiger partial charge < -0.3 is 14.6 Å². The van der Waals surface area contributed by atoms with E-state index in [1.165, 1.54) is 0 Å². The van der Waals surface area contributed by atoms with Crippen molar-refractivity contribution in [3.63, 3.8) is 0 Å². The summed E-state index contributed by atoms with van der Waals surface area (Å²) < 4.78 is 6.97. The highest BCUT2D eigenvalue weighted by Crippen LogP contribution is 2.26. The zero-order chi connectivity index (χ0) is 14.1. The molecule has 0 aliphatic carbocycles. The SMILES string of the molecule is CCOC(=O)c1c(=N)n2c(c3ccccc13)NCCC2. The van der Waals surface area contributed by atoms with Crippen LogP contribution in [0.25, 0.3) is 10.8 Å². The number of carbonyl (C=O) groups is 1. The van der Waals surface area contributed by atoms with Gasteiger partial charge in [-0.1, -0.05) is 24.3 Å². The van der Waals surface area contributed by atoms with Crippen molar-refractivity contribution >= 4 is 22.6 Å². The zero-order valence-electron chi connectivity index (χ0n) is 11.4. The Labute approximate surface area is 116 Å². The molecule has 0 bridgehead atoms. The lowest BCUT2D eigenvalue weighted by atomic mass is 10.0. The van der Waals surface area contributed by atoms with Gasteiger partial charge in [0, 0.05) is 23.9 Å². The van der Waals surface area contributed by atoms with E-state index in [4.69, 9.17) is 10.1 Å². The molecule has 0 atom stereocenters. The minimum atomic E-state index is -0.422. The van der Waals surface area contributed by atoms with Gasteiger partial charge in [0.25, 0.3) is 0 Å². The summed E-state index contributed by atoms with van der Waals surface area (Å²) in [5.74, 6) is 0.500. The van der Waals surface area contributed by atoms with Crippen LogP contribution in [0.5, 0.6) is 0 Å². The van der Waals surface area contributed by atoms with Gasteiger partial charge in [-0.2, -0.15) is 0 Å². The molecule has 0 amide bonds. The van der Waals surface area contributed by atoms with Crippen LogP contribution in [0.3, 0.4) is 0 Å². The van der Waals surface area contributed by atoms with Crippen molar-refractivity contribution in [3.8, 4) is 0 Å². The average Bonchev–Trinajstić information content (AvgIpc) is 2.48. The number of carbonyl (C=O) groups excluding carboxylic acids is 1. The normalized spacial score (nSPS) is 13.7. The number of nitrogens with zero attached hydrogens (tertiary/aromatic N) is 1. The van der Waals surface area contributed by atoms with E-state index in [9.17, 15) is 4.79 Å². The lowest BCUT2D eigenvalue weighted by Gasteiger charge is -2.24. The second kappa shape index (κ2) is 5.00. The van der Waals surface area contributed by atoms with Crippen molar-refractivity contribution in [2.45, 2.75) is 19.9 Å². The summed E-state index contributed by atoms with van der Waals surface area (Å²) in [7, 11) is 0. The van der Waals surface area contributed by atoms with E-state index >= 15 is 0 Å². The van der Waals surface area contributed by atoms with E-state index in [1.54, 1.807) is 6.92 Å². The van der Waals surface area contributed by atoms with Crippen molar-refractivity contribution in [2.75, 3.05) is 18.5 Å². The van der Waals surface area contributed by atoms with Gasteiger partial charge in [0.15, 0.2) is 0 Å². The Morgan fingerprint density at radius 1 is 1.40 bits per heavy atom. The van der Waals surface area contributed by atoms with Crippen molar-refractivity contribution in [1.82, 2.24) is 4.57 Å². The molecule has 2 aromatic rings. The molecule has 0 radical (unpaired) electrons. The minimum absolute atomic E-state index is 0.226. The number of ether oxygens (including phenoxy) is 1. The fraction of sp³-hybridized carbons (Fsp3) is 0.333. The van der Waals surface area contributed by atoms with Crippen LogP contribution >= 0.6 is 0 Å². The summed E-state index contributed by atoms with van der Waals surface area (Å²) in [6.07, 6.45) is 0.949. The smallest absolute Gasteiger partial charge is 0.342 e. The number of rotatable bonds is 2. The predicted octanol–water partition coefficient (Wildman–Crippen LogP) is 2.11. The fourth-order valence-corrected chi connectivity index (χ4v) is 2.70. The van der Waals surface area contributed by atoms with Crippen LogP contribution < -0.4 is 10.8 Å². The van der Waals surface area contributed by atoms with Gasteiger partial charge in [-0.25, -0.2) is 4.79 Å². The van der Waals surface area contributed by atoms with E-state index in [1.807, 2.05) is 28.8 Å². The van der Waals surface area contributed by atoms with Gasteiger partial charge in [-0.3, -0.25) is 5.41 Å². The third-order valence-corrected chi connectivity index (χ3v) is 3.56. The molecular weight excluding hydrogens is 254 g/mol. The second-order valence-electron chi connectivity index (χ2n) is 4.77. The molecule has 3 rings (SSSR count). The summed E-state index contributed by atoms with van der Waals surface area (Å²) in [6, 6.07) is 7.67. The first-order chi connectivity index (χ1) is 9.74. The van der Waals surface area contributed by atoms with Crippen LogP contribution in [0.2, 0.25) is 0 Å². The van der Waals surface area contributed by atoms with Gasteiger partial charge in [-0.05, 0) is 13.3 Å². The lowest BCUT2D eigenvalue weighted by molar-refractivity contribution is 0.0525. The van der Waals surface area contributed by atoms with Gasteiger partial charge in [0.1, 0.15) is 16.9 Å². The maximum atomic E-state index is 12.2. The number of hydrogen-bond acceptors (Lipinski definition) is 4. The quantitative estimate of drug-likeness (QED) is 0.822. The number of anilines is 1. The maximum absolute atomic E-state index is 12.2. The third kappa shape index (κ3) is 1.86. The first kappa shape index (κ1) is 12.7. The molecule has 0 spiro atoms. The number of benzene rings is 1. The topological polar surface area (TPSA) is 67.1 Å². The molecule has 1 aromatic carbocycles. The summed E-state index contributed by atoms with van der Waals surface area (Å²) in [5, 5.41) is 13.4. The Hall–Kier alpha value is -2.30. The number of nitrogens with one attached hydrogen (secondary N) is 2. The summed E-state index contributed by atoms with van der Waals surface area (Å²) in [6.45, 7) is 3.73. The Kier molecular flexibility index (Phi) is 3.18. The molecule has 104 valence electrons. The zero-order valence-corrected chi connectivity index (χ0v) is 11.4. The summed E-state index contributed by atoms with van der Waals surface area (Å²) >= 11 is 0. The largest absolute Gasteiger partial charge is 0.462 e. The van der Waals surface area contributed by atoms with Crippen molar-refractivity contribution in [2.24, 2.45) is 0 Å². The standard InChI is InChI=1S/C15H17N3O2/c1-2-20-15(19)12-10-6-3-4-7-11(10)14-17-8-5-9-18(14)13(12)16/h3-4,6-7,16-17H,2,5,8-9H2,1H3. The first-order valence-corrected chi connectivity index (χ1v) is 6.85. The second-order valence-corrected chi connectivity index (χ2v) is 4.77. The maximum Gasteiger partial charge on any atom is 0.342 e.